The molecule has 0 aromatic rings. The third-order valence-electron chi connectivity index (χ3n) is 2.81. The van der Waals surface area contributed by atoms with Crippen LogP contribution >= 0.6 is 8.30 Å². The summed E-state index contributed by atoms with van der Waals surface area (Å²) in [5.74, 6) is 0. The molecule has 0 saturated carbocycles. The summed E-state index contributed by atoms with van der Waals surface area (Å²) in [5, 5.41) is 0. The molecule has 0 amide bonds. The number of hydrogen-bond donors (Lipinski definition) is 1. The molecule has 102 valence electrons. The normalized spacial score (nSPS) is 19.4. The van der Waals surface area contributed by atoms with Gasteiger partial charge in [0.2, 0.25) is 0 Å². The monoisotopic (exact) mass is 262 g/mol. The minimum absolute atomic E-state index is 0.520. The van der Waals surface area contributed by atoms with Gasteiger partial charge in [-0.15, -0.1) is 4.83 Å². The van der Waals surface area contributed by atoms with E-state index >= 15 is 0 Å². The molecular formula is C12H27N2O2P. The van der Waals surface area contributed by atoms with Crippen molar-refractivity contribution in [3.63, 3.8) is 0 Å². The van der Waals surface area contributed by atoms with E-state index in [1.54, 1.807) is 0 Å². The smallest absolute Gasteiger partial charge is 0.128 e. The van der Waals surface area contributed by atoms with Crippen LogP contribution in [0.5, 0.6) is 0 Å². The van der Waals surface area contributed by atoms with E-state index in [2.05, 4.69) is 11.8 Å². The lowest BCUT2D eigenvalue weighted by atomic mass is 10.2. The maximum Gasteiger partial charge on any atom is 0.128 e. The van der Waals surface area contributed by atoms with Crippen LogP contribution in [0.25, 0.3) is 0 Å². The van der Waals surface area contributed by atoms with Gasteiger partial charge in [0.05, 0.1) is 6.61 Å². The minimum atomic E-state index is -0.520. The van der Waals surface area contributed by atoms with E-state index in [1.165, 1.54) is 32.1 Å². The SMILES string of the molecule is CCOP(CCCCCCN)N1CCCCO1. The van der Waals surface area contributed by atoms with Crippen molar-refractivity contribution in [2.45, 2.75) is 45.4 Å². The lowest BCUT2D eigenvalue weighted by molar-refractivity contribution is -0.113. The molecule has 17 heavy (non-hydrogen) atoms. The molecule has 1 rings (SSSR count). The van der Waals surface area contributed by atoms with Gasteiger partial charge in [-0.25, -0.2) is 0 Å². The van der Waals surface area contributed by atoms with Gasteiger partial charge < -0.3 is 10.3 Å². The molecule has 1 saturated heterocycles. The van der Waals surface area contributed by atoms with E-state index in [4.69, 9.17) is 15.1 Å². The second-order valence-corrected chi connectivity index (χ2v) is 6.17. The van der Waals surface area contributed by atoms with Crippen LogP contribution in [0.2, 0.25) is 0 Å². The highest BCUT2D eigenvalue weighted by Gasteiger charge is 2.22. The molecule has 0 spiro atoms. The van der Waals surface area contributed by atoms with Crippen LogP contribution in [0.4, 0.5) is 0 Å². The summed E-state index contributed by atoms with van der Waals surface area (Å²) >= 11 is 0. The largest absolute Gasteiger partial charge is 0.342 e. The number of nitrogens with zero attached hydrogens (tertiary/aromatic N) is 1. The van der Waals surface area contributed by atoms with E-state index < -0.39 is 8.30 Å². The van der Waals surface area contributed by atoms with Gasteiger partial charge in [-0.3, -0.25) is 4.84 Å². The van der Waals surface area contributed by atoms with Crippen LogP contribution in [-0.2, 0) is 9.36 Å². The number of hydroxylamine groups is 1. The van der Waals surface area contributed by atoms with Gasteiger partial charge in [0.25, 0.3) is 0 Å². The zero-order chi connectivity index (χ0) is 12.3. The molecule has 0 aliphatic carbocycles. The maximum atomic E-state index is 5.83. The molecule has 1 unspecified atom stereocenters. The fourth-order valence-corrected chi connectivity index (χ4v) is 3.74. The van der Waals surface area contributed by atoms with Crippen molar-refractivity contribution in [1.29, 1.82) is 0 Å². The van der Waals surface area contributed by atoms with E-state index in [0.29, 0.717) is 0 Å². The zero-order valence-electron chi connectivity index (χ0n) is 11.1. The first-order valence-corrected chi connectivity index (χ1v) is 8.29. The average Bonchev–Trinajstić information content (AvgIpc) is 2.38. The van der Waals surface area contributed by atoms with E-state index in [0.717, 1.165) is 38.9 Å². The van der Waals surface area contributed by atoms with E-state index in [1.807, 2.05) is 0 Å². The Kier molecular flexibility index (Phi) is 9.21. The predicted molar refractivity (Wildman–Crippen MR) is 72.8 cm³/mol. The summed E-state index contributed by atoms with van der Waals surface area (Å²) in [7, 11) is -0.520. The van der Waals surface area contributed by atoms with Crippen molar-refractivity contribution in [3.8, 4) is 0 Å². The van der Waals surface area contributed by atoms with Crippen LogP contribution in [0.1, 0.15) is 45.4 Å². The molecule has 1 aliphatic heterocycles. The van der Waals surface area contributed by atoms with Crippen molar-refractivity contribution in [1.82, 2.24) is 4.83 Å². The van der Waals surface area contributed by atoms with E-state index in [9.17, 15) is 0 Å². The number of nitrogens with two attached hydrogens (primary N) is 1. The Bertz CT molecular complexity index is 178. The minimum Gasteiger partial charge on any atom is -0.342 e. The van der Waals surface area contributed by atoms with Gasteiger partial charge in [0.15, 0.2) is 0 Å². The number of rotatable bonds is 9. The first kappa shape index (κ1) is 15.3. The van der Waals surface area contributed by atoms with Crippen molar-refractivity contribution in [2.24, 2.45) is 5.73 Å². The zero-order valence-corrected chi connectivity index (χ0v) is 12.0. The Morgan fingerprint density at radius 3 is 2.71 bits per heavy atom. The van der Waals surface area contributed by atoms with Gasteiger partial charge >= 0.3 is 0 Å². The summed E-state index contributed by atoms with van der Waals surface area (Å²) in [4.78, 5) is 7.79. The lowest BCUT2D eigenvalue weighted by Gasteiger charge is -2.32. The lowest BCUT2D eigenvalue weighted by Crippen LogP contribution is -2.27. The molecule has 0 aromatic carbocycles. The average molecular weight is 262 g/mol. The highest BCUT2D eigenvalue weighted by atomic mass is 31.2. The highest BCUT2D eigenvalue weighted by Crippen LogP contribution is 2.43. The van der Waals surface area contributed by atoms with Gasteiger partial charge in [-0.05, 0) is 39.2 Å². The molecule has 1 fully saturated rings. The van der Waals surface area contributed by atoms with Crippen LogP contribution in [0, 0.1) is 0 Å². The molecule has 0 radical (unpaired) electrons. The topological polar surface area (TPSA) is 47.7 Å². The molecule has 1 aliphatic rings. The second kappa shape index (κ2) is 10.2. The first-order valence-electron chi connectivity index (χ1n) is 6.89. The van der Waals surface area contributed by atoms with Crippen molar-refractivity contribution < 1.29 is 9.36 Å². The highest BCUT2D eigenvalue weighted by molar-refractivity contribution is 7.49. The molecule has 1 heterocycles. The fraction of sp³-hybridized carbons (Fsp3) is 1.00. The summed E-state index contributed by atoms with van der Waals surface area (Å²) in [5.41, 5.74) is 5.49. The van der Waals surface area contributed by atoms with Crippen LogP contribution in [-0.4, -0.2) is 37.3 Å². The van der Waals surface area contributed by atoms with Crippen molar-refractivity contribution in [3.05, 3.63) is 0 Å². The van der Waals surface area contributed by atoms with Crippen LogP contribution < -0.4 is 5.73 Å². The van der Waals surface area contributed by atoms with E-state index in [-0.39, 0.29) is 0 Å². The van der Waals surface area contributed by atoms with Gasteiger partial charge in [-0.2, -0.15) is 0 Å². The Morgan fingerprint density at radius 2 is 2.06 bits per heavy atom. The molecule has 4 nitrogen and oxygen atoms in total. The molecule has 0 bridgehead atoms. The number of hydrogen-bond acceptors (Lipinski definition) is 4. The Balaban J connectivity index is 2.17. The molecular weight excluding hydrogens is 235 g/mol. The second-order valence-electron chi connectivity index (χ2n) is 4.31. The summed E-state index contributed by atoms with van der Waals surface area (Å²) < 4.78 is 5.83. The standard InChI is InChI=1S/C12H27N2O2P/c1-2-16-17(12-8-4-3-5-9-13)14-10-6-7-11-15-14/h2-13H2,1H3. The quantitative estimate of drug-likeness (QED) is 0.512. The number of unbranched alkanes of at least 4 members (excludes halogenated alkanes) is 3. The molecule has 0 aromatic heterocycles. The van der Waals surface area contributed by atoms with Crippen molar-refractivity contribution >= 4 is 8.30 Å². The maximum absolute atomic E-state index is 5.83. The van der Waals surface area contributed by atoms with Crippen molar-refractivity contribution in [2.75, 3.05) is 32.5 Å². The fourth-order valence-electron chi connectivity index (χ4n) is 1.89. The van der Waals surface area contributed by atoms with Gasteiger partial charge in [0, 0.05) is 19.3 Å². The Morgan fingerprint density at radius 1 is 1.24 bits per heavy atom. The van der Waals surface area contributed by atoms with Crippen LogP contribution in [0.15, 0.2) is 0 Å². The van der Waals surface area contributed by atoms with Gasteiger partial charge in [-0.1, -0.05) is 12.8 Å². The summed E-state index contributed by atoms with van der Waals surface area (Å²) in [6, 6.07) is 0. The molecule has 5 heteroatoms. The Hall–Kier alpha value is 0.270. The predicted octanol–water partition coefficient (Wildman–Crippen LogP) is 2.88. The van der Waals surface area contributed by atoms with Crippen LogP contribution in [0.3, 0.4) is 0 Å². The third kappa shape index (κ3) is 6.68. The first-order chi connectivity index (χ1) is 8.38. The summed E-state index contributed by atoms with van der Waals surface area (Å²) in [6.07, 6.45) is 8.43. The third-order valence-corrected chi connectivity index (χ3v) is 4.88. The molecule has 2 N–H and O–H groups in total. The van der Waals surface area contributed by atoms with Gasteiger partial charge in [0.1, 0.15) is 8.30 Å². The molecule has 1 atom stereocenters. The Labute approximate surface area is 107 Å². The summed E-state index contributed by atoms with van der Waals surface area (Å²) in [6.45, 7) is 5.56.